The molecule has 0 aromatic carbocycles. The van der Waals surface area contributed by atoms with E-state index in [4.69, 9.17) is 4.74 Å². The van der Waals surface area contributed by atoms with Crippen molar-refractivity contribution in [2.75, 3.05) is 13.7 Å². The van der Waals surface area contributed by atoms with Crippen molar-refractivity contribution in [3.63, 3.8) is 0 Å². The number of ether oxygens (including phenoxy) is 1. The third-order valence-electron chi connectivity index (χ3n) is 3.57. The molecule has 0 aromatic heterocycles. The van der Waals surface area contributed by atoms with E-state index in [0.29, 0.717) is 6.04 Å². The van der Waals surface area contributed by atoms with Crippen LogP contribution in [0.25, 0.3) is 0 Å². The van der Waals surface area contributed by atoms with Crippen LogP contribution in [-0.4, -0.2) is 19.7 Å². The van der Waals surface area contributed by atoms with Crippen LogP contribution in [0.1, 0.15) is 26.2 Å². The molecule has 0 radical (unpaired) electrons. The van der Waals surface area contributed by atoms with E-state index >= 15 is 0 Å². The van der Waals surface area contributed by atoms with Gasteiger partial charge < -0.3 is 10.1 Å². The van der Waals surface area contributed by atoms with Crippen molar-refractivity contribution in [1.82, 2.24) is 5.32 Å². The molecule has 0 spiro atoms. The molecule has 1 fully saturated rings. The maximum absolute atomic E-state index is 5.32. The van der Waals surface area contributed by atoms with Gasteiger partial charge in [-0.25, -0.2) is 0 Å². The lowest BCUT2D eigenvalue weighted by Gasteiger charge is -2.39. The number of fused-ring (bicyclic) bond motifs is 1. The molecule has 2 rings (SSSR count). The van der Waals surface area contributed by atoms with Gasteiger partial charge in [0.15, 0.2) is 0 Å². The van der Waals surface area contributed by atoms with Gasteiger partial charge >= 0.3 is 0 Å². The van der Waals surface area contributed by atoms with E-state index in [-0.39, 0.29) is 0 Å². The second-order valence-electron chi connectivity index (χ2n) is 4.27. The van der Waals surface area contributed by atoms with Crippen molar-refractivity contribution in [3.05, 3.63) is 11.8 Å². The van der Waals surface area contributed by atoms with Gasteiger partial charge in [-0.3, -0.25) is 0 Å². The third-order valence-corrected chi connectivity index (χ3v) is 3.57. The van der Waals surface area contributed by atoms with E-state index in [0.717, 1.165) is 18.3 Å². The molecule has 0 bridgehead atoms. The summed E-state index contributed by atoms with van der Waals surface area (Å²) in [6, 6.07) is 0.688. The van der Waals surface area contributed by atoms with Crippen molar-refractivity contribution < 1.29 is 4.74 Å². The summed E-state index contributed by atoms with van der Waals surface area (Å²) in [5, 5.41) is 3.54. The fraction of sp³-hybridized carbons (Fsp3) is 0.818. The Hall–Kier alpha value is -0.500. The van der Waals surface area contributed by atoms with E-state index in [2.05, 4.69) is 18.3 Å². The van der Waals surface area contributed by atoms with Crippen LogP contribution >= 0.6 is 0 Å². The molecular weight excluding hydrogens is 162 g/mol. The molecule has 2 nitrogen and oxygen atoms in total. The van der Waals surface area contributed by atoms with E-state index in [1.807, 2.05) is 0 Å². The number of piperidine rings is 1. The molecule has 2 aliphatic rings. The molecule has 13 heavy (non-hydrogen) atoms. The third kappa shape index (κ3) is 1.73. The molecule has 0 saturated carbocycles. The van der Waals surface area contributed by atoms with Crippen molar-refractivity contribution in [2.45, 2.75) is 32.2 Å². The Bertz CT molecular complexity index is 212. The lowest BCUT2D eigenvalue weighted by molar-refractivity contribution is 0.151. The Morgan fingerprint density at radius 1 is 1.54 bits per heavy atom. The van der Waals surface area contributed by atoms with Gasteiger partial charge in [-0.1, -0.05) is 0 Å². The molecule has 3 atom stereocenters. The smallest absolute Gasteiger partial charge is 0.0918 e. The summed E-state index contributed by atoms with van der Waals surface area (Å²) in [7, 11) is 1.79. The second kappa shape index (κ2) is 3.70. The summed E-state index contributed by atoms with van der Waals surface area (Å²) >= 11 is 0. The van der Waals surface area contributed by atoms with Crippen LogP contribution < -0.4 is 5.32 Å². The Balaban J connectivity index is 2.06. The Kier molecular flexibility index (Phi) is 2.58. The van der Waals surface area contributed by atoms with E-state index in [9.17, 15) is 0 Å². The first-order chi connectivity index (χ1) is 6.31. The Labute approximate surface area is 80.4 Å². The maximum atomic E-state index is 5.32. The van der Waals surface area contributed by atoms with Crippen molar-refractivity contribution in [3.8, 4) is 0 Å². The molecule has 1 N–H and O–H groups in total. The lowest BCUT2D eigenvalue weighted by atomic mass is 9.74. The Morgan fingerprint density at radius 3 is 3.15 bits per heavy atom. The lowest BCUT2D eigenvalue weighted by Crippen LogP contribution is -2.45. The minimum atomic E-state index is 0.688. The van der Waals surface area contributed by atoms with Crippen LogP contribution in [0.2, 0.25) is 0 Å². The van der Waals surface area contributed by atoms with Gasteiger partial charge in [-0.15, -0.1) is 0 Å². The van der Waals surface area contributed by atoms with Crippen LogP contribution in [0.15, 0.2) is 11.8 Å². The van der Waals surface area contributed by atoms with E-state index < -0.39 is 0 Å². The van der Waals surface area contributed by atoms with Gasteiger partial charge in [0.25, 0.3) is 0 Å². The standard InChI is InChI=1S/C11H19NO/c1-8-11-4-3-10(13-2)7-9(11)5-6-12-8/h3,8-9,11-12H,4-7H2,1-2H3/t8-,9?,11?/m1/s1. The number of hydrogen-bond donors (Lipinski definition) is 1. The summed E-state index contributed by atoms with van der Waals surface area (Å²) in [6.07, 6.45) is 5.94. The van der Waals surface area contributed by atoms with E-state index in [1.165, 1.54) is 25.1 Å². The van der Waals surface area contributed by atoms with Crippen LogP contribution in [0, 0.1) is 11.8 Å². The molecular formula is C11H19NO. The zero-order valence-electron chi connectivity index (χ0n) is 8.55. The molecule has 0 amide bonds. The average molecular weight is 181 g/mol. The fourth-order valence-corrected chi connectivity index (χ4v) is 2.70. The van der Waals surface area contributed by atoms with Crippen molar-refractivity contribution in [2.24, 2.45) is 11.8 Å². The Morgan fingerprint density at radius 2 is 2.38 bits per heavy atom. The highest BCUT2D eigenvalue weighted by atomic mass is 16.5. The van der Waals surface area contributed by atoms with Gasteiger partial charge in [0.1, 0.15) is 0 Å². The molecule has 1 saturated heterocycles. The summed E-state index contributed by atoms with van der Waals surface area (Å²) in [4.78, 5) is 0. The first-order valence-corrected chi connectivity index (χ1v) is 5.27. The summed E-state index contributed by atoms with van der Waals surface area (Å²) in [5.74, 6) is 2.90. The van der Waals surface area contributed by atoms with E-state index in [1.54, 1.807) is 7.11 Å². The average Bonchev–Trinajstić information content (AvgIpc) is 2.18. The number of allylic oxidation sites excluding steroid dienone is 2. The van der Waals surface area contributed by atoms with Crippen LogP contribution in [-0.2, 0) is 4.74 Å². The highest BCUT2D eigenvalue weighted by Crippen LogP contribution is 2.36. The first-order valence-electron chi connectivity index (χ1n) is 5.27. The van der Waals surface area contributed by atoms with Crippen molar-refractivity contribution in [1.29, 1.82) is 0 Å². The SMILES string of the molecule is COC1=CCC2C(CCN[C@@H]2C)C1. The van der Waals surface area contributed by atoms with Crippen LogP contribution in [0.4, 0.5) is 0 Å². The molecule has 2 unspecified atom stereocenters. The molecule has 1 aliphatic carbocycles. The number of methoxy groups -OCH3 is 1. The zero-order valence-corrected chi connectivity index (χ0v) is 8.55. The first kappa shape index (κ1) is 9.07. The van der Waals surface area contributed by atoms with Gasteiger partial charge in [0, 0.05) is 12.5 Å². The minimum absolute atomic E-state index is 0.688. The molecule has 1 aliphatic heterocycles. The summed E-state index contributed by atoms with van der Waals surface area (Å²) in [5.41, 5.74) is 0. The molecule has 74 valence electrons. The predicted molar refractivity (Wildman–Crippen MR) is 53.4 cm³/mol. The minimum Gasteiger partial charge on any atom is -0.501 e. The fourth-order valence-electron chi connectivity index (χ4n) is 2.70. The van der Waals surface area contributed by atoms with Crippen molar-refractivity contribution >= 4 is 0 Å². The topological polar surface area (TPSA) is 21.3 Å². The van der Waals surface area contributed by atoms with Gasteiger partial charge in [0.05, 0.1) is 12.9 Å². The quantitative estimate of drug-likeness (QED) is 0.667. The van der Waals surface area contributed by atoms with Crippen LogP contribution in [0.5, 0.6) is 0 Å². The highest BCUT2D eigenvalue weighted by molar-refractivity contribution is 5.05. The normalized spacial score (nSPS) is 39.2. The molecule has 0 aromatic rings. The highest BCUT2D eigenvalue weighted by Gasteiger charge is 2.32. The summed E-state index contributed by atoms with van der Waals surface area (Å²) < 4.78 is 5.32. The maximum Gasteiger partial charge on any atom is 0.0918 e. The van der Waals surface area contributed by atoms with Gasteiger partial charge in [0.2, 0.25) is 0 Å². The summed E-state index contributed by atoms with van der Waals surface area (Å²) in [6.45, 7) is 3.49. The van der Waals surface area contributed by atoms with Crippen LogP contribution in [0.3, 0.4) is 0 Å². The van der Waals surface area contributed by atoms with Gasteiger partial charge in [-0.2, -0.15) is 0 Å². The predicted octanol–water partition coefficient (Wildman–Crippen LogP) is 1.92. The molecule has 1 heterocycles. The number of nitrogens with one attached hydrogen (secondary N) is 1. The monoisotopic (exact) mass is 181 g/mol. The second-order valence-corrected chi connectivity index (χ2v) is 4.27. The zero-order chi connectivity index (χ0) is 9.26. The number of hydrogen-bond acceptors (Lipinski definition) is 2. The van der Waals surface area contributed by atoms with Gasteiger partial charge in [-0.05, 0) is 44.2 Å². The largest absolute Gasteiger partial charge is 0.501 e. The molecule has 2 heteroatoms. The number of rotatable bonds is 1.